The van der Waals surface area contributed by atoms with E-state index in [1.165, 1.54) is 0 Å². The fourth-order valence-electron chi connectivity index (χ4n) is 3.39. The summed E-state index contributed by atoms with van der Waals surface area (Å²) in [6.07, 6.45) is 0.245. The van der Waals surface area contributed by atoms with Gasteiger partial charge in [0.2, 0.25) is 5.91 Å². The Morgan fingerprint density at radius 1 is 1.04 bits per heavy atom. The van der Waals surface area contributed by atoms with Crippen LogP contribution in [-0.4, -0.2) is 40.0 Å². The third-order valence-corrected chi connectivity index (χ3v) is 4.75. The largest absolute Gasteiger partial charge is 0.354 e. The number of aromatic nitrogens is 2. The summed E-state index contributed by atoms with van der Waals surface area (Å²) in [6.45, 7) is 0.886. The van der Waals surface area contributed by atoms with Gasteiger partial charge in [-0.05, 0) is 11.6 Å². The van der Waals surface area contributed by atoms with E-state index in [9.17, 15) is 9.59 Å². The van der Waals surface area contributed by atoms with E-state index in [1.54, 1.807) is 11.0 Å². The van der Waals surface area contributed by atoms with Crippen molar-refractivity contribution in [2.45, 2.75) is 12.5 Å². The predicted octanol–water partition coefficient (Wildman–Crippen LogP) is 2.78. The van der Waals surface area contributed by atoms with E-state index in [2.05, 4.69) is 15.5 Å². The van der Waals surface area contributed by atoms with Gasteiger partial charge in [-0.15, -0.1) is 0 Å². The van der Waals surface area contributed by atoms with E-state index in [4.69, 9.17) is 0 Å². The van der Waals surface area contributed by atoms with Crippen molar-refractivity contribution in [3.8, 4) is 11.3 Å². The average molecular weight is 360 g/mol. The molecule has 2 aromatic carbocycles. The van der Waals surface area contributed by atoms with Crippen LogP contribution in [0, 0.1) is 0 Å². The summed E-state index contributed by atoms with van der Waals surface area (Å²) in [5, 5.41) is 9.99. The van der Waals surface area contributed by atoms with Crippen LogP contribution in [0.4, 0.5) is 0 Å². The Hall–Kier alpha value is -3.41. The van der Waals surface area contributed by atoms with Crippen molar-refractivity contribution in [2.75, 3.05) is 13.1 Å². The Morgan fingerprint density at radius 3 is 2.48 bits per heavy atom. The lowest BCUT2D eigenvalue weighted by molar-refractivity contribution is -0.121. The molecular weight excluding hydrogens is 340 g/mol. The molecule has 2 heterocycles. The highest BCUT2D eigenvalue weighted by Crippen LogP contribution is 2.27. The zero-order valence-electron chi connectivity index (χ0n) is 14.8. The summed E-state index contributed by atoms with van der Waals surface area (Å²) < 4.78 is 0. The molecule has 4 rings (SSSR count). The van der Waals surface area contributed by atoms with E-state index in [0.717, 1.165) is 16.8 Å². The number of nitrogens with zero attached hydrogens (tertiary/aromatic N) is 2. The normalized spacial score (nSPS) is 17.3. The maximum Gasteiger partial charge on any atom is 0.272 e. The molecule has 3 aromatic rings. The van der Waals surface area contributed by atoms with Crippen molar-refractivity contribution >= 4 is 11.8 Å². The summed E-state index contributed by atoms with van der Waals surface area (Å²) >= 11 is 0. The topological polar surface area (TPSA) is 78.1 Å². The molecule has 2 N–H and O–H groups in total. The van der Waals surface area contributed by atoms with Crippen molar-refractivity contribution in [3.05, 3.63) is 78.0 Å². The Kier molecular flexibility index (Phi) is 4.70. The number of carbonyl (C=O) groups is 2. The minimum atomic E-state index is -0.301. The Balaban J connectivity index is 1.64. The highest BCUT2D eigenvalue weighted by molar-refractivity contribution is 5.94. The average Bonchev–Trinajstić information content (AvgIpc) is 3.13. The van der Waals surface area contributed by atoms with Crippen LogP contribution in [0.3, 0.4) is 0 Å². The van der Waals surface area contributed by atoms with Crippen molar-refractivity contribution < 1.29 is 9.59 Å². The Morgan fingerprint density at radius 2 is 1.74 bits per heavy atom. The molecule has 1 aliphatic rings. The highest BCUT2D eigenvalue weighted by Gasteiger charge is 2.31. The molecule has 6 nitrogen and oxygen atoms in total. The molecule has 1 aromatic heterocycles. The first-order valence-corrected chi connectivity index (χ1v) is 8.96. The molecule has 136 valence electrons. The maximum atomic E-state index is 13.2. The van der Waals surface area contributed by atoms with Gasteiger partial charge in [0.15, 0.2) is 0 Å². The number of rotatable bonds is 3. The van der Waals surface area contributed by atoms with Crippen molar-refractivity contribution in [1.29, 1.82) is 0 Å². The number of aromatic amines is 1. The molecular formula is C21H20N4O2. The number of hydrogen-bond acceptors (Lipinski definition) is 3. The van der Waals surface area contributed by atoms with Gasteiger partial charge in [-0.2, -0.15) is 5.10 Å². The lowest BCUT2D eigenvalue weighted by Gasteiger charge is -2.29. The van der Waals surface area contributed by atoms with Gasteiger partial charge in [0, 0.05) is 18.7 Å². The smallest absolute Gasteiger partial charge is 0.272 e. The first-order valence-electron chi connectivity index (χ1n) is 8.96. The number of H-pyrrole nitrogens is 1. The third kappa shape index (κ3) is 3.60. The van der Waals surface area contributed by atoms with Gasteiger partial charge in [-0.3, -0.25) is 14.7 Å². The number of nitrogens with one attached hydrogen (secondary N) is 2. The van der Waals surface area contributed by atoms with Gasteiger partial charge in [-0.25, -0.2) is 0 Å². The van der Waals surface area contributed by atoms with Crippen LogP contribution < -0.4 is 5.32 Å². The molecule has 2 amide bonds. The third-order valence-electron chi connectivity index (χ3n) is 4.75. The van der Waals surface area contributed by atoms with E-state index < -0.39 is 0 Å². The number of carbonyl (C=O) groups excluding carboxylic acids is 2. The second-order valence-corrected chi connectivity index (χ2v) is 6.51. The monoisotopic (exact) mass is 360 g/mol. The number of hydrogen-bond donors (Lipinski definition) is 2. The molecule has 0 unspecified atom stereocenters. The van der Waals surface area contributed by atoms with Crippen LogP contribution in [0.2, 0.25) is 0 Å². The second kappa shape index (κ2) is 7.45. The van der Waals surface area contributed by atoms with E-state index in [0.29, 0.717) is 18.8 Å². The second-order valence-electron chi connectivity index (χ2n) is 6.51. The zero-order chi connectivity index (χ0) is 18.6. The van der Waals surface area contributed by atoms with Gasteiger partial charge in [0.05, 0.1) is 18.2 Å². The zero-order valence-corrected chi connectivity index (χ0v) is 14.8. The molecule has 27 heavy (non-hydrogen) atoms. The van der Waals surface area contributed by atoms with Gasteiger partial charge in [0.1, 0.15) is 5.69 Å². The lowest BCUT2D eigenvalue weighted by Crippen LogP contribution is -2.36. The fraction of sp³-hybridized carbons (Fsp3) is 0.190. The van der Waals surface area contributed by atoms with E-state index in [-0.39, 0.29) is 24.3 Å². The highest BCUT2D eigenvalue weighted by atomic mass is 16.2. The molecule has 1 aliphatic heterocycles. The standard InChI is InChI=1S/C21H20N4O2/c26-20-14-19(16-9-5-2-6-10-16)25(12-11-22-20)21(27)18-13-17(23-24-18)15-7-3-1-4-8-15/h1-10,13,19H,11-12,14H2,(H,22,26)(H,23,24)/t19-/m1/s1. The minimum absolute atomic E-state index is 0.0475. The van der Waals surface area contributed by atoms with Crippen LogP contribution in [0.5, 0.6) is 0 Å². The molecule has 0 radical (unpaired) electrons. The molecule has 0 aliphatic carbocycles. The predicted molar refractivity (Wildman–Crippen MR) is 102 cm³/mol. The molecule has 1 fully saturated rings. The van der Waals surface area contributed by atoms with Crippen LogP contribution in [0.25, 0.3) is 11.3 Å². The van der Waals surface area contributed by atoms with Gasteiger partial charge >= 0.3 is 0 Å². The maximum absolute atomic E-state index is 13.2. The van der Waals surface area contributed by atoms with Crippen molar-refractivity contribution in [1.82, 2.24) is 20.4 Å². The van der Waals surface area contributed by atoms with Gasteiger partial charge < -0.3 is 10.2 Å². The summed E-state index contributed by atoms with van der Waals surface area (Å²) in [7, 11) is 0. The van der Waals surface area contributed by atoms with Gasteiger partial charge in [-0.1, -0.05) is 60.7 Å². The summed E-state index contributed by atoms with van der Waals surface area (Å²) in [4.78, 5) is 27.0. The fourth-order valence-corrected chi connectivity index (χ4v) is 3.39. The quantitative estimate of drug-likeness (QED) is 0.754. The summed E-state index contributed by atoms with van der Waals surface area (Å²) in [6, 6.07) is 20.8. The van der Waals surface area contributed by atoms with Crippen LogP contribution >= 0.6 is 0 Å². The Bertz CT molecular complexity index is 937. The first-order chi connectivity index (χ1) is 13.2. The lowest BCUT2D eigenvalue weighted by atomic mass is 10.0. The SMILES string of the molecule is O=C1C[C@H](c2ccccc2)N(C(=O)c2cc(-c3ccccc3)n[nH]2)CCN1. The Labute approximate surface area is 157 Å². The molecule has 1 saturated heterocycles. The molecule has 1 atom stereocenters. The molecule has 0 saturated carbocycles. The van der Waals surface area contributed by atoms with Crippen molar-refractivity contribution in [2.24, 2.45) is 0 Å². The summed E-state index contributed by atoms with van der Waals surface area (Å²) in [5.41, 5.74) is 3.04. The van der Waals surface area contributed by atoms with Gasteiger partial charge in [0.25, 0.3) is 5.91 Å². The van der Waals surface area contributed by atoms with Crippen molar-refractivity contribution in [3.63, 3.8) is 0 Å². The molecule has 0 spiro atoms. The van der Waals surface area contributed by atoms with E-state index >= 15 is 0 Å². The van der Waals surface area contributed by atoms with Crippen LogP contribution in [0.15, 0.2) is 66.7 Å². The first kappa shape index (κ1) is 17.0. The number of amides is 2. The van der Waals surface area contributed by atoms with Crippen LogP contribution in [0.1, 0.15) is 28.5 Å². The molecule has 6 heteroatoms. The number of benzene rings is 2. The summed E-state index contributed by atoms with van der Waals surface area (Å²) in [5.74, 6) is -0.205. The van der Waals surface area contributed by atoms with E-state index in [1.807, 2.05) is 60.7 Å². The minimum Gasteiger partial charge on any atom is -0.354 e. The molecule has 0 bridgehead atoms. The van der Waals surface area contributed by atoms with Crippen LogP contribution in [-0.2, 0) is 4.79 Å².